The summed E-state index contributed by atoms with van der Waals surface area (Å²) in [4.78, 5) is 10.7. The molecule has 0 aliphatic rings. The third-order valence-corrected chi connectivity index (χ3v) is 1.18. The largest absolute Gasteiger partial charge is 0.462 e. The number of rotatable bonds is 5. The second-order valence-electron chi connectivity index (χ2n) is 2.72. The topological polar surface area (TPSA) is 66.8 Å². The van der Waals surface area contributed by atoms with Gasteiger partial charge in [0.05, 0.1) is 19.8 Å². The number of unbranched alkanes of at least 4 members (excludes halogenated alkanes) is 1. The fourth-order valence-corrected chi connectivity index (χ4v) is 0.432. The summed E-state index contributed by atoms with van der Waals surface area (Å²) in [5.41, 5.74) is 0.469. The summed E-state index contributed by atoms with van der Waals surface area (Å²) >= 11 is 0. The third kappa shape index (κ3) is 13.7. The van der Waals surface area contributed by atoms with Gasteiger partial charge in [-0.25, -0.2) is 4.79 Å². The molecule has 0 rings (SSSR count). The van der Waals surface area contributed by atoms with Crippen LogP contribution in [0, 0.1) is 0 Å². The highest BCUT2D eigenvalue weighted by atomic mass is 16.5. The lowest BCUT2D eigenvalue weighted by Gasteiger charge is -2.01. The van der Waals surface area contributed by atoms with E-state index in [9.17, 15) is 4.79 Å². The molecule has 4 heteroatoms. The summed E-state index contributed by atoms with van der Waals surface area (Å²) < 4.78 is 4.81. The first-order valence-electron chi connectivity index (χ1n) is 4.64. The van der Waals surface area contributed by atoms with E-state index >= 15 is 0 Å². The molecule has 4 nitrogen and oxygen atoms in total. The Kier molecular flexibility index (Phi) is 13.5. The SMILES string of the molecule is C=C(C)C(=O)OCCCC.OCCO. The number of hydrogen-bond acceptors (Lipinski definition) is 4. The van der Waals surface area contributed by atoms with Gasteiger partial charge in [0.25, 0.3) is 0 Å². The Morgan fingerprint density at radius 2 is 1.86 bits per heavy atom. The monoisotopic (exact) mass is 204 g/mol. The van der Waals surface area contributed by atoms with Crippen LogP contribution in [0.5, 0.6) is 0 Å². The maximum atomic E-state index is 10.7. The molecule has 0 saturated carbocycles. The van der Waals surface area contributed by atoms with Crippen molar-refractivity contribution in [3.8, 4) is 0 Å². The molecule has 0 bridgehead atoms. The van der Waals surface area contributed by atoms with Crippen molar-refractivity contribution in [2.45, 2.75) is 26.7 Å². The van der Waals surface area contributed by atoms with Crippen LogP contribution in [0.15, 0.2) is 12.2 Å². The maximum absolute atomic E-state index is 10.7. The molecule has 0 aromatic carbocycles. The molecule has 0 aliphatic carbocycles. The Bertz CT molecular complexity index is 152. The van der Waals surface area contributed by atoms with Crippen molar-refractivity contribution in [2.75, 3.05) is 19.8 Å². The lowest BCUT2D eigenvalue weighted by atomic mass is 10.3. The van der Waals surface area contributed by atoms with E-state index in [1.165, 1.54) is 0 Å². The van der Waals surface area contributed by atoms with Crippen molar-refractivity contribution >= 4 is 5.97 Å². The predicted octanol–water partition coefficient (Wildman–Crippen LogP) is 0.877. The van der Waals surface area contributed by atoms with Gasteiger partial charge in [0, 0.05) is 5.57 Å². The molecule has 0 atom stereocenters. The van der Waals surface area contributed by atoms with E-state index in [1.807, 2.05) is 0 Å². The number of hydrogen-bond donors (Lipinski definition) is 2. The Balaban J connectivity index is 0. The van der Waals surface area contributed by atoms with Crippen LogP contribution in [-0.4, -0.2) is 36.0 Å². The zero-order valence-electron chi connectivity index (χ0n) is 8.95. The van der Waals surface area contributed by atoms with Crippen LogP contribution in [0.3, 0.4) is 0 Å². The molecule has 0 saturated heterocycles. The van der Waals surface area contributed by atoms with Gasteiger partial charge in [-0.15, -0.1) is 0 Å². The van der Waals surface area contributed by atoms with Gasteiger partial charge in [0.2, 0.25) is 0 Å². The minimum atomic E-state index is -0.284. The van der Waals surface area contributed by atoms with E-state index in [0.717, 1.165) is 12.8 Å². The smallest absolute Gasteiger partial charge is 0.333 e. The highest BCUT2D eigenvalue weighted by Crippen LogP contribution is 1.94. The highest BCUT2D eigenvalue weighted by Gasteiger charge is 2.00. The minimum absolute atomic E-state index is 0.125. The van der Waals surface area contributed by atoms with Gasteiger partial charge in [-0.1, -0.05) is 19.9 Å². The molecule has 0 spiro atoms. The molecule has 2 N–H and O–H groups in total. The second kappa shape index (κ2) is 12.1. The zero-order valence-corrected chi connectivity index (χ0v) is 8.95. The molecular formula is C10H20O4. The molecule has 0 aliphatic heterocycles. The van der Waals surface area contributed by atoms with Crippen molar-refractivity contribution in [3.05, 3.63) is 12.2 Å². The van der Waals surface area contributed by atoms with Gasteiger partial charge in [-0.05, 0) is 13.3 Å². The van der Waals surface area contributed by atoms with Crippen molar-refractivity contribution in [3.63, 3.8) is 0 Å². The Morgan fingerprint density at radius 1 is 1.36 bits per heavy atom. The summed E-state index contributed by atoms with van der Waals surface area (Å²) in [6.07, 6.45) is 1.97. The predicted molar refractivity (Wildman–Crippen MR) is 54.9 cm³/mol. The number of aliphatic hydroxyl groups excluding tert-OH is 2. The lowest BCUT2D eigenvalue weighted by Crippen LogP contribution is -2.05. The second-order valence-corrected chi connectivity index (χ2v) is 2.72. The molecule has 0 radical (unpaired) electrons. The van der Waals surface area contributed by atoms with Crippen molar-refractivity contribution < 1.29 is 19.7 Å². The van der Waals surface area contributed by atoms with Gasteiger partial charge in [-0.2, -0.15) is 0 Å². The molecule has 14 heavy (non-hydrogen) atoms. The summed E-state index contributed by atoms with van der Waals surface area (Å²) in [7, 11) is 0. The molecule has 0 unspecified atom stereocenters. The van der Waals surface area contributed by atoms with Crippen molar-refractivity contribution in [1.82, 2.24) is 0 Å². The fourth-order valence-electron chi connectivity index (χ4n) is 0.432. The van der Waals surface area contributed by atoms with Gasteiger partial charge in [0.1, 0.15) is 0 Å². The first-order chi connectivity index (χ1) is 6.59. The zero-order chi connectivity index (χ0) is 11.4. The quantitative estimate of drug-likeness (QED) is 0.396. The summed E-state index contributed by atoms with van der Waals surface area (Å²) in [5.74, 6) is -0.284. The van der Waals surface area contributed by atoms with Gasteiger partial charge >= 0.3 is 5.97 Å². The summed E-state index contributed by atoms with van der Waals surface area (Å²) in [6, 6.07) is 0. The van der Waals surface area contributed by atoms with Crippen LogP contribution in [0.2, 0.25) is 0 Å². The summed E-state index contributed by atoms with van der Waals surface area (Å²) in [6.45, 7) is 7.42. The molecular weight excluding hydrogens is 184 g/mol. The summed E-state index contributed by atoms with van der Waals surface area (Å²) in [5, 5.41) is 15.2. The molecule has 0 aromatic rings. The Labute approximate surface area is 85.2 Å². The standard InChI is InChI=1S/C8H14O2.C2H6O2/c1-4-5-6-10-8(9)7(2)3;3-1-2-4/h2,4-6H2,1,3H3;3-4H,1-2H2. The maximum Gasteiger partial charge on any atom is 0.333 e. The minimum Gasteiger partial charge on any atom is -0.462 e. The Hall–Kier alpha value is -0.870. The number of ether oxygens (including phenoxy) is 1. The van der Waals surface area contributed by atoms with Crippen LogP contribution in [0.1, 0.15) is 26.7 Å². The number of carbonyl (C=O) groups is 1. The first-order valence-corrected chi connectivity index (χ1v) is 4.64. The molecule has 0 aromatic heterocycles. The van der Waals surface area contributed by atoms with Gasteiger partial charge in [-0.3, -0.25) is 0 Å². The Morgan fingerprint density at radius 3 is 2.14 bits per heavy atom. The number of esters is 1. The fraction of sp³-hybridized carbons (Fsp3) is 0.700. The van der Waals surface area contributed by atoms with E-state index in [-0.39, 0.29) is 19.2 Å². The van der Waals surface area contributed by atoms with E-state index in [0.29, 0.717) is 12.2 Å². The van der Waals surface area contributed by atoms with E-state index in [4.69, 9.17) is 14.9 Å². The first kappa shape index (κ1) is 15.6. The average molecular weight is 204 g/mol. The highest BCUT2D eigenvalue weighted by molar-refractivity contribution is 5.86. The van der Waals surface area contributed by atoms with Crippen molar-refractivity contribution in [2.24, 2.45) is 0 Å². The van der Waals surface area contributed by atoms with Crippen LogP contribution < -0.4 is 0 Å². The molecule has 0 amide bonds. The van der Waals surface area contributed by atoms with E-state index in [2.05, 4.69) is 13.5 Å². The van der Waals surface area contributed by atoms with Crippen LogP contribution in [0.4, 0.5) is 0 Å². The number of aliphatic hydroxyl groups is 2. The van der Waals surface area contributed by atoms with Gasteiger partial charge in [0.15, 0.2) is 0 Å². The van der Waals surface area contributed by atoms with Crippen LogP contribution in [0.25, 0.3) is 0 Å². The van der Waals surface area contributed by atoms with Crippen molar-refractivity contribution in [1.29, 1.82) is 0 Å². The normalized spacial score (nSPS) is 8.57. The average Bonchev–Trinajstić information content (AvgIpc) is 2.18. The molecule has 84 valence electrons. The molecule has 0 fully saturated rings. The van der Waals surface area contributed by atoms with Gasteiger partial charge < -0.3 is 14.9 Å². The lowest BCUT2D eigenvalue weighted by molar-refractivity contribution is -0.139. The third-order valence-electron chi connectivity index (χ3n) is 1.18. The molecule has 0 heterocycles. The number of carbonyl (C=O) groups excluding carboxylic acids is 1. The van der Waals surface area contributed by atoms with E-state index in [1.54, 1.807) is 6.92 Å². The van der Waals surface area contributed by atoms with Crippen LogP contribution >= 0.6 is 0 Å². The van der Waals surface area contributed by atoms with E-state index < -0.39 is 0 Å². The van der Waals surface area contributed by atoms with Crippen LogP contribution in [-0.2, 0) is 9.53 Å².